The van der Waals surface area contributed by atoms with Crippen molar-refractivity contribution in [2.75, 3.05) is 37.6 Å². The number of likely N-dealkylation sites (N-methyl/N-ethyl adjacent to an activating group) is 1. The molecule has 0 radical (unpaired) electrons. The molecule has 2 saturated carbocycles. The molecular weight excluding hydrogens is 496 g/mol. The molecule has 7 rings (SSSR count). The number of aliphatic hydroxyl groups is 2. The number of nitrogens with zero attached hydrogens (tertiary/aromatic N) is 2. The fourth-order valence-corrected chi connectivity index (χ4v) is 7.50. The van der Waals surface area contributed by atoms with Crippen LogP contribution in [0.3, 0.4) is 0 Å². The van der Waals surface area contributed by atoms with E-state index < -0.39 is 24.5 Å². The monoisotopic (exact) mass is 542 g/mol. The van der Waals surface area contributed by atoms with E-state index in [1.54, 1.807) is 0 Å². The predicted octanol–water partition coefficient (Wildman–Crippen LogP) is 0.0474. The average molecular weight is 543 g/mol. The van der Waals surface area contributed by atoms with Gasteiger partial charge in [-0.05, 0) is 75.1 Å². The lowest BCUT2D eigenvalue weighted by atomic mass is 9.76. The second-order valence-corrected chi connectivity index (χ2v) is 12.8. The van der Waals surface area contributed by atoms with Crippen molar-refractivity contribution in [3.63, 3.8) is 0 Å². The third kappa shape index (κ3) is 4.96. The highest BCUT2D eigenvalue weighted by Crippen LogP contribution is 2.41. The number of ether oxygens (including phenoxy) is 1. The van der Waals surface area contributed by atoms with Gasteiger partial charge in [-0.3, -0.25) is 16.0 Å². The molecule has 11 nitrogen and oxygen atoms in total. The highest BCUT2D eigenvalue weighted by molar-refractivity contribution is 5.75. The molecule has 9 N–H and O–H groups in total. The Kier molecular flexibility index (Phi) is 7.23. The van der Waals surface area contributed by atoms with Gasteiger partial charge in [0, 0.05) is 19.3 Å². The first kappa shape index (κ1) is 26.4. The molecule has 4 aliphatic heterocycles. The van der Waals surface area contributed by atoms with E-state index in [9.17, 15) is 10.2 Å². The Balaban J connectivity index is 0.851. The van der Waals surface area contributed by atoms with Gasteiger partial charge in [0.25, 0.3) is 0 Å². The normalized spacial score (nSPS) is 42.0. The van der Waals surface area contributed by atoms with Gasteiger partial charge in [0.2, 0.25) is 0 Å². The molecule has 6 aliphatic rings. The van der Waals surface area contributed by atoms with Crippen LogP contribution in [0.2, 0.25) is 0 Å². The van der Waals surface area contributed by atoms with E-state index in [0.29, 0.717) is 32.1 Å². The number of hydrogen-bond donors (Lipinski definition) is 8. The Hall–Kier alpha value is -1.54. The van der Waals surface area contributed by atoms with E-state index in [0.717, 1.165) is 18.3 Å². The summed E-state index contributed by atoms with van der Waals surface area (Å²) in [4.78, 5) is 4.36. The van der Waals surface area contributed by atoms with Gasteiger partial charge in [0.15, 0.2) is 0 Å². The Bertz CT molecular complexity index is 1020. The Morgan fingerprint density at radius 3 is 2.67 bits per heavy atom. The Labute approximate surface area is 231 Å². The second-order valence-electron chi connectivity index (χ2n) is 12.8. The van der Waals surface area contributed by atoms with E-state index in [1.165, 1.54) is 55.5 Å². The SMILES string of the molecule is CN(C[C@H]1O[C@@H](N2CNC3C(N)NCNC32)[C@H](O)[C@@H]1O)[C@H]1C[C@@H](CCC2Nc3ccc(C4CCC4)cc3N2)C1. The first-order valence-corrected chi connectivity index (χ1v) is 15.0. The third-order valence-electron chi connectivity index (χ3n) is 10.4. The topological polar surface area (TPSA) is 142 Å². The molecule has 4 unspecified atom stereocenters. The number of aliphatic hydroxyl groups excluding tert-OH is 2. The molecular formula is C28H46N8O3. The third-order valence-corrected chi connectivity index (χ3v) is 10.4. The molecule has 0 bridgehead atoms. The van der Waals surface area contributed by atoms with Gasteiger partial charge in [-0.2, -0.15) is 0 Å². The second kappa shape index (κ2) is 10.7. The van der Waals surface area contributed by atoms with Crippen LogP contribution in [0, 0.1) is 5.92 Å². The van der Waals surface area contributed by atoms with Crippen LogP contribution in [0.5, 0.6) is 0 Å². The number of anilines is 2. The maximum Gasteiger partial charge on any atom is 0.142 e. The lowest BCUT2D eigenvalue weighted by Crippen LogP contribution is -2.68. The fourth-order valence-electron chi connectivity index (χ4n) is 7.50. The van der Waals surface area contributed by atoms with Crippen molar-refractivity contribution >= 4 is 11.4 Å². The van der Waals surface area contributed by atoms with Gasteiger partial charge in [0.1, 0.15) is 24.5 Å². The van der Waals surface area contributed by atoms with Crippen LogP contribution in [0.1, 0.15) is 56.4 Å². The molecule has 1 aromatic rings. The summed E-state index contributed by atoms with van der Waals surface area (Å²) in [5.74, 6) is 1.49. The number of rotatable bonds is 8. The van der Waals surface area contributed by atoms with E-state index >= 15 is 0 Å². The summed E-state index contributed by atoms with van der Waals surface area (Å²) >= 11 is 0. The van der Waals surface area contributed by atoms with Gasteiger partial charge < -0.3 is 36.2 Å². The lowest BCUT2D eigenvalue weighted by molar-refractivity contribution is -0.108. The standard InChI is InChI=1S/C28H46N8O3/c1-35(12-21-24(37)25(38)28(39-21)36-14-32-23-26(29)30-13-31-27(23)36)18-9-15(10-18)5-8-22-33-19-7-6-17(11-20(19)34-22)16-3-2-4-16/h6-7,11,15-16,18,21-28,30-34,37-38H,2-5,8-10,12-14,29H2,1H3/t15-,18+,21-,22?,23?,24-,25-,26?,27?,28-/m1/s1. The van der Waals surface area contributed by atoms with Gasteiger partial charge in [-0.1, -0.05) is 12.5 Å². The van der Waals surface area contributed by atoms with Crippen molar-refractivity contribution in [2.24, 2.45) is 11.7 Å². The Morgan fingerprint density at radius 1 is 1.05 bits per heavy atom. The van der Waals surface area contributed by atoms with Crippen LogP contribution >= 0.6 is 0 Å². The maximum atomic E-state index is 10.9. The largest absolute Gasteiger partial charge is 0.387 e. The molecule has 5 fully saturated rings. The summed E-state index contributed by atoms with van der Waals surface area (Å²) in [5, 5.41) is 39.1. The number of nitrogens with one attached hydrogen (secondary N) is 5. The molecule has 8 atom stereocenters. The minimum absolute atomic E-state index is 0.0222. The molecule has 0 aromatic heterocycles. The maximum absolute atomic E-state index is 10.9. The number of nitrogens with two attached hydrogens (primary N) is 1. The highest BCUT2D eigenvalue weighted by atomic mass is 16.6. The molecule has 1 aromatic carbocycles. The highest BCUT2D eigenvalue weighted by Gasteiger charge is 2.52. The van der Waals surface area contributed by atoms with E-state index in [4.69, 9.17) is 10.5 Å². The van der Waals surface area contributed by atoms with Crippen LogP contribution in [0.25, 0.3) is 0 Å². The summed E-state index contributed by atoms with van der Waals surface area (Å²) in [6.45, 7) is 1.76. The quantitative estimate of drug-likeness (QED) is 0.226. The van der Waals surface area contributed by atoms with Crippen molar-refractivity contribution in [1.82, 2.24) is 25.8 Å². The van der Waals surface area contributed by atoms with Crippen molar-refractivity contribution in [3.05, 3.63) is 23.8 Å². The predicted molar refractivity (Wildman–Crippen MR) is 150 cm³/mol. The van der Waals surface area contributed by atoms with Crippen molar-refractivity contribution < 1.29 is 14.9 Å². The van der Waals surface area contributed by atoms with E-state index in [-0.39, 0.29) is 18.4 Å². The smallest absolute Gasteiger partial charge is 0.142 e. The molecule has 11 heteroatoms. The number of benzene rings is 1. The first-order valence-electron chi connectivity index (χ1n) is 15.0. The van der Waals surface area contributed by atoms with E-state index in [1.807, 2.05) is 0 Å². The minimum atomic E-state index is -0.952. The zero-order chi connectivity index (χ0) is 26.7. The molecule has 0 amide bonds. The zero-order valence-electron chi connectivity index (χ0n) is 22.9. The van der Waals surface area contributed by atoms with Crippen LogP contribution in [0.15, 0.2) is 18.2 Å². The Morgan fingerprint density at radius 2 is 1.87 bits per heavy atom. The molecule has 0 spiro atoms. The zero-order valence-corrected chi connectivity index (χ0v) is 22.9. The van der Waals surface area contributed by atoms with Gasteiger partial charge in [-0.15, -0.1) is 0 Å². The summed E-state index contributed by atoms with van der Waals surface area (Å²) in [5.41, 5.74) is 10.2. The molecule has 39 heavy (non-hydrogen) atoms. The summed E-state index contributed by atoms with van der Waals surface area (Å²) in [6.07, 6.45) is 5.97. The molecule has 216 valence electrons. The summed E-state index contributed by atoms with van der Waals surface area (Å²) < 4.78 is 6.28. The first-order chi connectivity index (χ1) is 18.9. The molecule has 2 aliphatic carbocycles. The average Bonchev–Trinajstić information content (AvgIpc) is 3.54. The van der Waals surface area contributed by atoms with Crippen molar-refractivity contribution in [2.45, 2.75) is 106 Å². The van der Waals surface area contributed by atoms with Gasteiger partial charge >= 0.3 is 0 Å². The van der Waals surface area contributed by atoms with Gasteiger partial charge in [0.05, 0.1) is 42.6 Å². The molecule has 4 heterocycles. The minimum Gasteiger partial charge on any atom is -0.387 e. The lowest BCUT2D eigenvalue weighted by Gasteiger charge is -2.42. The van der Waals surface area contributed by atoms with Crippen molar-refractivity contribution in [1.29, 1.82) is 0 Å². The molecule has 3 saturated heterocycles. The van der Waals surface area contributed by atoms with Crippen LogP contribution < -0.4 is 32.3 Å². The van der Waals surface area contributed by atoms with Crippen LogP contribution in [-0.4, -0.2) is 102 Å². The van der Waals surface area contributed by atoms with Gasteiger partial charge in [-0.25, -0.2) is 4.90 Å². The van der Waals surface area contributed by atoms with Crippen LogP contribution in [-0.2, 0) is 4.74 Å². The van der Waals surface area contributed by atoms with Crippen molar-refractivity contribution in [3.8, 4) is 0 Å². The van der Waals surface area contributed by atoms with E-state index in [2.05, 4.69) is 61.6 Å². The summed E-state index contributed by atoms with van der Waals surface area (Å²) in [7, 11) is 2.12. The van der Waals surface area contributed by atoms with Crippen LogP contribution in [0.4, 0.5) is 11.4 Å². The number of fused-ring (bicyclic) bond motifs is 2. The number of hydrogen-bond acceptors (Lipinski definition) is 11. The summed E-state index contributed by atoms with van der Waals surface area (Å²) in [6, 6.07) is 7.43. The fraction of sp³-hybridized carbons (Fsp3) is 0.786.